The minimum Gasteiger partial charge on any atom is -0.300 e. The zero-order valence-corrected chi connectivity index (χ0v) is 20.3. The van der Waals surface area contributed by atoms with Gasteiger partial charge in [-0.25, -0.2) is 0 Å². The monoisotopic (exact) mass is 508 g/mol. The molecule has 20 radical (unpaired) electrons. The Morgan fingerprint density at radius 3 is 1.12 bits per heavy atom. The number of carbonyl (C=O) groups is 2. The summed E-state index contributed by atoms with van der Waals surface area (Å²) < 4.78 is 0. The molecule has 5 rings (SSSR count). The summed E-state index contributed by atoms with van der Waals surface area (Å²) in [5, 5.41) is 0. The van der Waals surface area contributed by atoms with Crippen molar-refractivity contribution < 1.29 is 43.7 Å². The van der Waals surface area contributed by atoms with Crippen LogP contribution in [0.25, 0.3) is 0 Å². The number of rotatable bonds is 3. The molecule has 0 heterocycles. The first-order valence-corrected chi connectivity index (χ1v) is 10.5. The molecule has 0 aliphatic heterocycles. The van der Waals surface area contributed by atoms with E-state index in [2.05, 4.69) is 0 Å². The van der Waals surface area contributed by atoms with Crippen molar-refractivity contribution in [2.24, 2.45) is 17.8 Å². The molecule has 0 saturated heterocycles. The molecule has 0 aromatic rings. The quantitative estimate of drug-likeness (QED) is 0.522. The molecule has 2 atom stereocenters. The zero-order valence-electron chi connectivity index (χ0n) is 18.1. The Hall–Kier alpha value is 0.379. The Morgan fingerprint density at radius 1 is 0.594 bits per heavy atom. The maximum Gasteiger partial charge on any atom is 2.00 e. The largest absolute Gasteiger partial charge is 2.00 e. The predicted molar refractivity (Wildman–Crippen MR) is 119 cm³/mol. The van der Waals surface area contributed by atoms with E-state index >= 15 is 0 Å². The van der Waals surface area contributed by atoms with Crippen LogP contribution in [0.1, 0.15) is 19.8 Å². The van der Waals surface area contributed by atoms with Crippen molar-refractivity contribution in [3.8, 4) is 0 Å². The van der Waals surface area contributed by atoms with Crippen molar-refractivity contribution in [3.05, 3.63) is 127 Å². The van der Waals surface area contributed by atoms with Crippen molar-refractivity contribution in [3.63, 3.8) is 0 Å². The Morgan fingerprint density at radius 2 is 0.875 bits per heavy atom. The van der Waals surface area contributed by atoms with Gasteiger partial charge in [-0.3, -0.25) is 9.59 Å². The maximum atomic E-state index is 12.2. The third-order valence-corrected chi connectivity index (χ3v) is 5.58. The molecule has 0 spiro atoms. The first-order chi connectivity index (χ1) is 14.7. The molecule has 32 heavy (non-hydrogen) atoms. The summed E-state index contributed by atoms with van der Waals surface area (Å²) in [6.45, 7) is 1.66. The van der Waals surface area contributed by atoms with Crippen molar-refractivity contribution in [2.45, 2.75) is 19.8 Å². The van der Waals surface area contributed by atoms with Gasteiger partial charge < -0.3 is 0 Å². The second kappa shape index (κ2) is 16.9. The van der Waals surface area contributed by atoms with Crippen molar-refractivity contribution in [1.29, 1.82) is 0 Å². The smallest absolute Gasteiger partial charge is 0.300 e. The molecule has 5 aliphatic carbocycles. The van der Waals surface area contributed by atoms with Gasteiger partial charge in [0.2, 0.25) is 0 Å². The Balaban J connectivity index is 0.000000353. The van der Waals surface area contributed by atoms with Crippen LogP contribution in [0.4, 0.5) is 0 Å². The molecule has 0 aromatic carbocycles. The summed E-state index contributed by atoms with van der Waals surface area (Å²) in [7, 11) is 0. The van der Waals surface area contributed by atoms with E-state index < -0.39 is 0 Å². The van der Waals surface area contributed by atoms with Gasteiger partial charge in [0.15, 0.2) is 0 Å². The van der Waals surface area contributed by atoms with Gasteiger partial charge >= 0.3 is 34.1 Å². The Bertz CT molecular complexity index is 462. The van der Waals surface area contributed by atoms with E-state index in [0.717, 1.165) is 11.8 Å². The second-order valence-electron chi connectivity index (χ2n) is 7.66. The van der Waals surface area contributed by atoms with E-state index in [1.54, 1.807) is 6.92 Å². The summed E-state index contributed by atoms with van der Waals surface area (Å²) in [6, 6.07) is 0. The number of carbonyl (C=O) groups excluding carboxylic acids is 2. The van der Waals surface area contributed by atoms with Gasteiger partial charge in [-0.1, -0.05) is 0 Å². The molecular weight excluding hydrogens is 480 g/mol. The molecule has 0 aromatic heterocycles. The van der Waals surface area contributed by atoms with Crippen LogP contribution in [-0.4, -0.2) is 11.6 Å². The Labute approximate surface area is 219 Å². The van der Waals surface area contributed by atoms with Gasteiger partial charge in [0.1, 0.15) is 11.6 Å². The number of hydrogen-bond donors (Lipinski definition) is 0. The van der Waals surface area contributed by atoms with E-state index in [-0.39, 0.29) is 63.5 Å². The molecule has 0 N–H and O–H groups in total. The van der Waals surface area contributed by atoms with Crippen LogP contribution >= 0.6 is 0 Å². The van der Waals surface area contributed by atoms with Gasteiger partial charge in [-0.2, -0.15) is 0 Å². The van der Waals surface area contributed by atoms with Gasteiger partial charge in [0, 0.05) is 18.8 Å². The second-order valence-corrected chi connectivity index (χ2v) is 7.66. The van der Waals surface area contributed by atoms with Crippen molar-refractivity contribution >= 4 is 11.6 Å². The van der Waals surface area contributed by atoms with E-state index in [1.807, 2.05) is 116 Å². The predicted octanol–water partition coefficient (Wildman–Crippen LogP) is 4.64. The van der Waals surface area contributed by atoms with Crippen molar-refractivity contribution in [1.82, 2.24) is 0 Å². The summed E-state index contributed by atoms with van der Waals surface area (Å²) in [6.07, 6.45) is 37.0. The van der Waals surface area contributed by atoms with Gasteiger partial charge in [0.05, 0.1) is 0 Å². The summed E-state index contributed by atoms with van der Waals surface area (Å²) in [5.74, 6) is 2.67. The molecule has 5 fully saturated rings. The first kappa shape index (κ1) is 30.4. The fourth-order valence-electron chi connectivity index (χ4n) is 4.24. The molecule has 5 aliphatic rings. The van der Waals surface area contributed by atoms with E-state index in [1.165, 1.54) is 0 Å². The van der Waals surface area contributed by atoms with E-state index in [0.29, 0.717) is 12.8 Å². The third kappa shape index (κ3) is 9.56. The molecule has 164 valence electrons. The molecule has 2 nitrogen and oxygen atoms in total. The fourth-order valence-corrected chi connectivity index (χ4v) is 4.24. The summed E-state index contributed by atoms with van der Waals surface area (Å²) >= 11 is 0. The SMILES string of the molecule is CC(=O)C1C([C]2[CH][CH][CH][CH]2)CC(=O)CC1[C]1[CH][CH][CH][CH]1.[CH]1[CH][CH][CH][CH]1.[CH]1[CH][CH][CH][CH]1.[Fe+2].[Fe+2]. The summed E-state index contributed by atoms with van der Waals surface area (Å²) in [4.78, 5) is 24.3. The molecule has 2 unspecified atom stereocenters. The standard InChI is InChI=1S/C18H18O2.2C5H5.2Fe/c1-12(19)18-16(13-6-2-3-7-13)10-15(20)11-17(18)14-8-4-5-9-14;2*1-2-4-5-3-1;;/h2-9,16-18H,10-11H2,1H3;2*1-5H;;/q;;;2*+2. The molecule has 5 saturated carbocycles. The average molecular weight is 508 g/mol. The molecule has 4 heteroatoms. The van der Waals surface area contributed by atoms with Crippen LogP contribution in [0.2, 0.25) is 0 Å². The number of hydrogen-bond acceptors (Lipinski definition) is 2. The van der Waals surface area contributed by atoms with E-state index in [4.69, 9.17) is 0 Å². The third-order valence-electron chi connectivity index (χ3n) is 5.58. The van der Waals surface area contributed by atoms with Crippen LogP contribution in [0.5, 0.6) is 0 Å². The zero-order chi connectivity index (χ0) is 21.2. The average Bonchev–Trinajstić information content (AvgIpc) is 3.57. The van der Waals surface area contributed by atoms with Gasteiger partial charge in [0.25, 0.3) is 0 Å². The fraction of sp³-hybridized carbons (Fsp3) is 0.214. The topological polar surface area (TPSA) is 34.1 Å². The van der Waals surface area contributed by atoms with Crippen LogP contribution in [-0.2, 0) is 43.7 Å². The number of ketones is 2. The Kier molecular flexibility index (Phi) is 16.1. The van der Waals surface area contributed by atoms with Crippen LogP contribution in [0.15, 0.2) is 0 Å². The maximum absolute atomic E-state index is 12.2. The van der Waals surface area contributed by atoms with Crippen molar-refractivity contribution in [2.75, 3.05) is 0 Å². The van der Waals surface area contributed by atoms with Crippen LogP contribution in [0.3, 0.4) is 0 Å². The van der Waals surface area contributed by atoms with Crippen LogP contribution < -0.4 is 0 Å². The molecule has 0 amide bonds. The summed E-state index contributed by atoms with van der Waals surface area (Å²) in [5.41, 5.74) is 0. The normalized spacial score (nSPS) is 30.4. The van der Waals surface area contributed by atoms with Gasteiger partial charge in [-0.05, 0) is 146 Å². The molecule has 0 bridgehead atoms. The van der Waals surface area contributed by atoms with Crippen LogP contribution in [0, 0.1) is 145 Å². The van der Waals surface area contributed by atoms with E-state index in [9.17, 15) is 9.59 Å². The minimum absolute atomic E-state index is 0. The minimum atomic E-state index is -0.0856. The van der Waals surface area contributed by atoms with Gasteiger partial charge in [-0.15, -0.1) is 0 Å². The number of Topliss-reactive ketones (excluding diaryl/α,β-unsaturated/α-hetero) is 2. The molecular formula is C28H28Fe2O2+4. The first-order valence-electron chi connectivity index (χ1n) is 10.5.